The zero-order valence-corrected chi connectivity index (χ0v) is 15.8. The molecule has 2 aliphatic rings. The highest BCUT2D eigenvalue weighted by atomic mass is 16.3. The molecule has 1 unspecified atom stereocenters. The molecule has 3 N–H and O–H groups in total. The van der Waals surface area contributed by atoms with Gasteiger partial charge in [-0.2, -0.15) is 0 Å². The average molecular weight is 378 g/mol. The quantitative estimate of drug-likeness (QED) is 0.713. The summed E-state index contributed by atoms with van der Waals surface area (Å²) in [5, 5.41) is 17.0. The number of aliphatic hydroxyl groups is 1. The van der Waals surface area contributed by atoms with Crippen LogP contribution in [0.4, 0.5) is 16.2 Å². The van der Waals surface area contributed by atoms with Crippen molar-refractivity contribution in [1.29, 1.82) is 0 Å². The Labute approximate surface area is 163 Å². The highest BCUT2D eigenvalue weighted by Gasteiger charge is 2.41. The number of likely N-dealkylation sites (N-methyl/N-ethyl adjacent to an activating group) is 1. The van der Waals surface area contributed by atoms with Crippen LogP contribution in [0.1, 0.15) is 15.9 Å². The zero-order valence-electron chi connectivity index (χ0n) is 15.8. The molecule has 0 saturated carbocycles. The van der Waals surface area contributed by atoms with Crippen molar-refractivity contribution in [3.05, 3.63) is 65.4 Å². The van der Waals surface area contributed by atoms with Crippen LogP contribution in [-0.4, -0.2) is 55.2 Å². The van der Waals surface area contributed by atoms with Crippen LogP contribution in [0.2, 0.25) is 0 Å². The van der Waals surface area contributed by atoms with Crippen LogP contribution < -0.4 is 15.5 Å². The lowest BCUT2D eigenvalue weighted by atomic mass is 10.0. The summed E-state index contributed by atoms with van der Waals surface area (Å²) in [6.07, 6.45) is -1.25. The maximum Gasteiger partial charge on any atom is 0.324 e. The molecule has 0 aliphatic carbocycles. The van der Waals surface area contributed by atoms with E-state index >= 15 is 0 Å². The molecule has 0 aromatic heterocycles. The Morgan fingerprint density at radius 1 is 1.14 bits per heavy atom. The van der Waals surface area contributed by atoms with Gasteiger partial charge < -0.3 is 20.6 Å². The van der Waals surface area contributed by atoms with Crippen LogP contribution in [0, 0.1) is 0 Å². The largest absolute Gasteiger partial charge is 0.369 e. The van der Waals surface area contributed by atoms with E-state index in [-0.39, 0.29) is 5.78 Å². The predicted octanol–water partition coefficient (Wildman–Crippen LogP) is 2.12. The third-order valence-electron chi connectivity index (χ3n) is 4.94. The number of para-hydroxylation sites is 2. The molecule has 1 atom stereocenters. The van der Waals surface area contributed by atoms with Crippen LogP contribution in [0.25, 0.3) is 5.57 Å². The molecule has 28 heavy (non-hydrogen) atoms. The minimum atomic E-state index is -1.25. The molecule has 2 heterocycles. The zero-order chi connectivity index (χ0) is 19.8. The van der Waals surface area contributed by atoms with Crippen LogP contribution in [0.5, 0.6) is 0 Å². The molecule has 0 spiro atoms. The number of nitrogens with one attached hydrogen (secondary N) is 2. The number of hydrogen-bond donors (Lipinski definition) is 3. The molecule has 2 aliphatic heterocycles. The van der Waals surface area contributed by atoms with E-state index in [4.69, 9.17) is 0 Å². The van der Waals surface area contributed by atoms with E-state index in [9.17, 15) is 14.7 Å². The lowest BCUT2D eigenvalue weighted by Gasteiger charge is -2.23. The fourth-order valence-corrected chi connectivity index (χ4v) is 3.57. The fraction of sp³-hybridized carbons (Fsp3) is 0.238. The molecule has 0 radical (unpaired) electrons. The van der Waals surface area contributed by atoms with Crippen molar-refractivity contribution in [2.24, 2.45) is 0 Å². The Bertz CT molecular complexity index is 983. The number of urea groups is 1. The second-order valence-corrected chi connectivity index (χ2v) is 7.08. The molecule has 144 valence electrons. The summed E-state index contributed by atoms with van der Waals surface area (Å²) in [6, 6.07) is 14.0. The number of aliphatic hydroxyl groups excluding tert-OH is 1. The Morgan fingerprint density at radius 2 is 1.82 bits per heavy atom. The second-order valence-electron chi connectivity index (χ2n) is 7.08. The lowest BCUT2D eigenvalue weighted by molar-refractivity contribution is 0.104. The molecule has 2 aromatic carbocycles. The van der Waals surface area contributed by atoms with Gasteiger partial charge in [-0.25, -0.2) is 4.79 Å². The van der Waals surface area contributed by atoms with Gasteiger partial charge in [-0.1, -0.05) is 30.3 Å². The number of amides is 2. The number of benzene rings is 2. The summed E-state index contributed by atoms with van der Waals surface area (Å²) in [5.41, 5.74) is 3.23. The summed E-state index contributed by atoms with van der Waals surface area (Å²) in [7, 11) is 3.84. The van der Waals surface area contributed by atoms with E-state index < -0.39 is 12.3 Å². The van der Waals surface area contributed by atoms with E-state index in [0.717, 1.165) is 0 Å². The average Bonchev–Trinajstić information content (AvgIpc) is 3.15. The van der Waals surface area contributed by atoms with Crippen molar-refractivity contribution in [1.82, 2.24) is 10.2 Å². The van der Waals surface area contributed by atoms with Gasteiger partial charge in [-0.05, 0) is 32.3 Å². The smallest absolute Gasteiger partial charge is 0.324 e. The van der Waals surface area contributed by atoms with Crippen molar-refractivity contribution in [3.63, 3.8) is 0 Å². The molecule has 7 nitrogen and oxygen atoms in total. The predicted molar refractivity (Wildman–Crippen MR) is 108 cm³/mol. The Hall–Kier alpha value is -3.16. The summed E-state index contributed by atoms with van der Waals surface area (Å²) in [5.74, 6) is -0.186. The molecular weight excluding hydrogens is 356 g/mol. The molecule has 0 saturated heterocycles. The number of Topliss-reactive ketones (excluding diaryl/α,β-unsaturated/α-hetero) is 1. The summed E-state index contributed by atoms with van der Waals surface area (Å²) >= 11 is 0. The van der Waals surface area contributed by atoms with Crippen molar-refractivity contribution in [2.75, 3.05) is 37.4 Å². The van der Waals surface area contributed by atoms with Crippen LogP contribution in [0.15, 0.2) is 54.2 Å². The van der Waals surface area contributed by atoms with Gasteiger partial charge in [0.25, 0.3) is 0 Å². The molecular formula is C21H22N4O3. The molecule has 0 fully saturated rings. The lowest BCUT2D eigenvalue weighted by Crippen LogP contribution is -2.46. The van der Waals surface area contributed by atoms with Crippen LogP contribution in [0.3, 0.4) is 0 Å². The number of rotatable bonds is 3. The van der Waals surface area contributed by atoms with E-state index in [1.54, 1.807) is 24.3 Å². The number of nitrogens with zero attached hydrogens (tertiary/aromatic N) is 2. The van der Waals surface area contributed by atoms with Crippen molar-refractivity contribution in [2.45, 2.75) is 6.23 Å². The first-order valence-electron chi connectivity index (χ1n) is 9.13. The fourth-order valence-electron chi connectivity index (χ4n) is 3.57. The first-order chi connectivity index (χ1) is 13.5. The number of allylic oxidation sites excluding steroid dienone is 1. The van der Waals surface area contributed by atoms with Gasteiger partial charge in [-0.3, -0.25) is 9.69 Å². The first kappa shape index (κ1) is 18.2. The highest BCUT2D eigenvalue weighted by molar-refractivity contribution is 6.23. The number of hydrogen-bond acceptors (Lipinski definition) is 5. The number of fused-ring (bicyclic) bond motifs is 2. The van der Waals surface area contributed by atoms with Gasteiger partial charge in [-0.15, -0.1) is 0 Å². The minimum Gasteiger partial charge on any atom is -0.369 e. The topological polar surface area (TPSA) is 84.9 Å². The van der Waals surface area contributed by atoms with Crippen LogP contribution >= 0.6 is 0 Å². The van der Waals surface area contributed by atoms with E-state index in [2.05, 4.69) is 10.6 Å². The van der Waals surface area contributed by atoms with E-state index in [0.29, 0.717) is 46.9 Å². The Morgan fingerprint density at radius 3 is 2.54 bits per heavy atom. The standard InChI is InChI=1S/C21H22N4O3/c1-24(2)12-11-22-21(28)25-16-10-6-4-8-14(16)17(20(25)27)18-19(26)13-7-3-5-9-15(13)23-18/h3-10,20,23,27H,11-12H2,1-2H3,(H,22,28)/b18-17-. The van der Waals surface area contributed by atoms with Crippen molar-refractivity contribution >= 4 is 28.8 Å². The van der Waals surface area contributed by atoms with Crippen molar-refractivity contribution < 1.29 is 14.7 Å². The van der Waals surface area contributed by atoms with Gasteiger partial charge in [0.15, 0.2) is 6.23 Å². The number of carbonyl (C=O) groups excluding carboxylic acids is 2. The minimum absolute atomic E-state index is 0.186. The van der Waals surface area contributed by atoms with E-state index in [1.165, 1.54) is 4.90 Å². The van der Waals surface area contributed by atoms with Gasteiger partial charge in [0.1, 0.15) is 0 Å². The molecule has 2 aromatic rings. The number of anilines is 2. The first-order valence-corrected chi connectivity index (χ1v) is 9.13. The van der Waals surface area contributed by atoms with Crippen molar-refractivity contribution in [3.8, 4) is 0 Å². The SMILES string of the molecule is CN(C)CCNC(=O)N1c2ccccc2/C(=C2/Nc3ccccc3C2=O)C1O. The van der Waals surface area contributed by atoms with Gasteiger partial charge >= 0.3 is 6.03 Å². The third-order valence-corrected chi connectivity index (χ3v) is 4.94. The summed E-state index contributed by atoms with van der Waals surface area (Å²) in [4.78, 5) is 28.9. The Kier molecular flexibility index (Phi) is 4.62. The van der Waals surface area contributed by atoms with Gasteiger partial charge in [0.05, 0.1) is 11.4 Å². The maximum atomic E-state index is 12.9. The maximum absolute atomic E-state index is 12.9. The highest BCUT2D eigenvalue weighted by Crippen LogP contribution is 2.43. The molecule has 4 rings (SSSR count). The molecule has 0 bridgehead atoms. The monoisotopic (exact) mass is 378 g/mol. The van der Waals surface area contributed by atoms with Crippen LogP contribution in [-0.2, 0) is 0 Å². The van der Waals surface area contributed by atoms with Gasteiger partial charge in [0.2, 0.25) is 5.78 Å². The number of carbonyl (C=O) groups is 2. The summed E-state index contributed by atoms with van der Waals surface area (Å²) < 4.78 is 0. The normalized spacial score (nSPS) is 20.2. The van der Waals surface area contributed by atoms with E-state index in [1.807, 2.05) is 43.3 Å². The third kappa shape index (κ3) is 2.94. The number of ketones is 1. The van der Waals surface area contributed by atoms with Gasteiger partial charge in [0, 0.05) is 35.5 Å². The molecule has 2 amide bonds. The Balaban J connectivity index is 1.71. The summed E-state index contributed by atoms with van der Waals surface area (Å²) in [6.45, 7) is 1.13. The second kappa shape index (κ2) is 7.10. The molecule has 7 heteroatoms.